The summed E-state index contributed by atoms with van der Waals surface area (Å²) in [6.07, 6.45) is 5.93. The molecule has 9 heteroatoms. The quantitative estimate of drug-likeness (QED) is 0.372. The molecule has 1 fully saturated rings. The lowest BCUT2D eigenvalue weighted by Crippen LogP contribution is -2.17. The van der Waals surface area contributed by atoms with Crippen LogP contribution in [-0.2, 0) is 6.61 Å². The Labute approximate surface area is 205 Å². The molecule has 2 heterocycles. The zero-order chi connectivity index (χ0) is 23.5. The van der Waals surface area contributed by atoms with Gasteiger partial charge in [0.05, 0.1) is 5.69 Å². The Morgan fingerprint density at radius 3 is 2.76 bits per heavy atom. The van der Waals surface area contributed by atoms with Crippen molar-refractivity contribution < 1.29 is 9.53 Å². The van der Waals surface area contributed by atoms with Crippen LogP contribution in [0.1, 0.15) is 59.1 Å². The van der Waals surface area contributed by atoms with E-state index in [1.807, 2.05) is 0 Å². The van der Waals surface area contributed by atoms with Gasteiger partial charge in [-0.25, -0.2) is 4.98 Å². The van der Waals surface area contributed by atoms with Gasteiger partial charge in [0.1, 0.15) is 17.4 Å². The van der Waals surface area contributed by atoms with E-state index in [2.05, 4.69) is 15.4 Å². The average Bonchev–Trinajstić information content (AvgIpc) is 3.29. The zero-order valence-corrected chi connectivity index (χ0v) is 19.9. The normalized spacial score (nSPS) is 14.3. The van der Waals surface area contributed by atoms with E-state index >= 15 is 0 Å². The number of rotatable bonds is 6. The second-order valence-corrected chi connectivity index (χ2v) is 9.76. The summed E-state index contributed by atoms with van der Waals surface area (Å²) in [5, 5.41) is 8.86. The second kappa shape index (κ2) is 9.95. The van der Waals surface area contributed by atoms with Crippen LogP contribution in [0.4, 0.5) is 5.69 Å². The first-order valence-electron chi connectivity index (χ1n) is 11.2. The van der Waals surface area contributed by atoms with Gasteiger partial charge in [-0.1, -0.05) is 54.3 Å². The SMILES string of the molecule is O=C(Nc1cccc(OCc2cc(=O)n3nc(C4CCCCC4)sc3n2)c1)c1cccc(Cl)c1. The predicted octanol–water partition coefficient (Wildman–Crippen LogP) is 5.68. The number of anilines is 1. The highest BCUT2D eigenvalue weighted by Gasteiger charge is 2.20. The molecule has 1 aliphatic carbocycles. The van der Waals surface area contributed by atoms with Crippen LogP contribution in [0.2, 0.25) is 5.02 Å². The van der Waals surface area contributed by atoms with Crippen LogP contribution < -0.4 is 15.6 Å². The molecule has 0 spiro atoms. The summed E-state index contributed by atoms with van der Waals surface area (Å²) in [7, 11) is 0. The molecular weight excluding hydrogens is 472 g/mol. The Hall–Kier alpha value is -3.23. The summed E-state index contributed by atoms with van der Waals surface area (Å²) in [6, 6.07) is 15.3. The van der Waals surface area contributed by atoms with Crippen LogP contribution >= 0.6 is 22.9 Å². The number of carbonyl (C=O) groups is 1. The Balaban J connectivity index is 1.27. The van der Waals surface area contributed by atoms with Crippen LogP contribution in [0.5, 0.6) is 5.75 Å². The standard InChI is InChI=1S/C25H23ClN4O3S/c26-18-9-4-8-17(12-18)23(32)27-19-10-5-11-21(13-19)33-15-20-14-22(31)30-25(28-20)34-24(29-30)16-6-2-1-3-7-16/h4-5,8-14,16H,1-3,6-7,15H2,(H,27,32). The van der Waals surface area contributed by atoms with Gasteiger partial charge in [0.25, 0.3) is 11.5 Å². The van der Waals surface area contributed by atoms with Gasteiger partial charge in [-0.2, -0.15) is 9.61 Å². The number of carbonyl (C=O) groups excluding carboxylic acids is 1. The number of nitrogens with zero attached hydrogens (tertiary/aromatic N) is 3. The number of ether oxygens (including phenoxy) is 1. The highest BCUT2D eigenvalue weighted by molar-refractivity contribution is 7.16. The second-order valence-electron chi connectivity index (χ2n) is 8.34. The van der Waals surface area contributed by atoms with Gasteiger partial charge in [-0.15, -0.1) is 0 Å². The molecule has 0 saturated heterocycles. The first-order chi connectivity index (χ1) is 16.5. The highest BCUT2D eigenvalue weighted by atomic mass is 35.5. The van der Waals surface area contributed by atoms with Crippen LogP contribution in [0.25, 0.3) is 4.96 Å². The molecule has 0 bridgehead atoms. The predicted molar refractivity (Wildman–Crippen MR) is 133 cm³/mol. The molecule has 0 unspecified atom stereocenters. The van der Waals surface area contributed by atoms with Crippen molar-refractivity contribution >= 4 is 39.5 Å². The summed E-state index contributed by atoms with van der Waals surface area (Å²) in [6.45, 7) is 0.133. The highest BCUT2D eigenvalue weighted by Crippen LogP contribution is 2.34. The summed E-state index contributed by atoms with van der Waals surface area (Å²) < 4.78 is 7.26. The largest absolute Gasteiger partial charge is 0.487 e. The molecule has 0 radical (unpaired) electrons. The number of hydrogen-bond donors (Lipinski definition) is 1. The van der Waals surface area contributed by atoms with Gasteiger partial charge in [-0.3, -0.25) is 9.59 Å². The third-order valence-electron chi connectivity index (χ3n) is 5.83. The third kappa shape index (κ3) is 5.13. The van der Waals surface area contributed by atoms with E-state index in [1.54, 1.807) is 48.5 Å². The fraction of sp³-hybridized carbons (Fsp3) is 0.280. The fourth-order valence-electron chi connectivity index (χ4n) is 4.11. The van der Waals surface area contributed by atoms with Gasteiger partial charge < -0.3 is 10.1 Å². The molecule has 34 heavy (non-hydrogen) atoms. The Kier molecular flexibility index (Phi) is 6.60. The van der Waals surface area contributed by atoms with Crippen LogP contribution in [0.3, 0.4) is 0 Å². The van der Waals surface area contributed by atoms with E-state index in [0.717, 1.165) is 17.8 Å². The van der Waals surface area contributed by atoms with Crippen LogP contribution in [0, 0.1) is 0 Å². The molecule has 174 valence electrons. The van der Waals surface area contributed by atoms with Crippen molar-refractivity contribution in [2.45, 2.75) is 44.6 Å². The van der Waals surface area contributed by atoms with Gasteiger partial charge in [0.15, 0.2) is 0 Å². The minimum Gasteiger partial charge on any atom is -0.487 e. The van der Waals surface area contributed by atoms with Crippen LogP contribution in [0.15, 0.2) is 59.4 Å². The van der Waals surface area contributed by atoms with Crippen molar-refractivity contribution in [1.82, 2.24) is 14.6 Å². The lowest BCUT2D eigenvalue weighted by atomic mass is 9.90. The molecule has 1 saturated carbocycles. The minimum atomic E-state index is -0.265. The molecule has 5 rings (SSSR count). The van der Waals surface area contributed by atoms with Crippen LogP contribution in [-0.4, -0.2) is 20.5 Å². The Morgan fingerprint density at radius 2 is 1.94 bits per heavy atom. The minimum absolute atomic E-state index is 0.133. The van der Waals surface area contributed by atoms with Crippen molar-refractivity contribution in [3.8, 4) is 5.75 Å². The first-order valence-corrected chi connectivity index (χ1v) is 12.4. The summed E-state index contributed by atoms with van der Waals surface area (Å²) in [4.78, 5) is 30.3. The molecule has 1 amide bonds. The average molecular weight is 495 g/mol. The summed E-state index contributed by atoms with van der Waals surface area (Å²) in [5.41, 5.74) is 1.39. The summed E-state index contributed by atoms with van der Waals surface area (Å²) in [5.74, 6) is 0.709. The van der Waals surface area contributed by atoms with E-state index in [1.165, 1.54) is 41.2 Å². The number of hydrogen-bond acceptors (Lipinski definition) is 6. The van der Waals surface area contributed by atoms with Gasteiger partial charge in [0, 0.05) is 34.3 Å². The number of benzene rings is 2. The van der Waals surface area contributed by atoms with Crippen molar-refractivity contribution in [2.24, 2.45) is 0 Å². The lowest BCUT2D eigenvalue weighted by molar-refractivity contribution is 0.102. The molecule has 1 N–H and O–H groups in total. The molecule has 0 atom stereocenters. The molecule has 2 aromatic carbocycles. The number of nitrogens with one attached hydrogen (secondary N) is 1. The summed E-state index contributed by atoms with van der Waals surface area (Å²) >= 11 is 7.46. The maximum absolute atomic E-state index is 12.6. The van der Waals surface area contributed by atoms with Gasteiger partial charge >= 0.3 is 0 Å². The number of aromatic nitrogens is 3. The van der Waals surface area contributed by atoms with Crippen molar-refractivity contribution in [2.75, 3.05) is 5.32 Å². The smallest absolute Gasteiger partial charge is 0.275 e. The van der Waals surface area contributed by atoms with Crippen molar-refractivity contribution in [3.05, 3.63) is 86.2 Å². The van der Waals surface area contributed by atoms with Crippen molar-refractivity contribution in [3.63, 3.8) is 0 Å². The maximum atomic E-state index is 12.6. The number of halogens is 1. The molecule has 2 aromatic heterocycles. The lowest BCUT2D eigenvalue weighted by Gasteiger charge is -2.18. The molecule has 4 aromatic rings. The first kappa shape index (κ1) is 22.6. The Morgan fingerprint density at radius 1 is 1.12 bits per heavy atom. The fourth-order valence-corrected chi connectivity index (χ4v) is 5.40. The van der Waals surface area contributed by atoms with E-state index < -0.39 is 0 Å². The molecule has 0 aliphatic heterocycles. The Bertz CT molecular complexity index is 1390. The topological polar surface area (TPSA) is 85.6 Å². The third-order valence-corrected chi connectivity index (χ3v) is 7.14. The zero-order valence-electron chi connectivity index (χ0n) is 18.4. The molecule has 1 aliphatic rings. The molecule has 7 nitrogen and oxygen atoms in total. The van der Waals surface area contributed by atoms with E-state index in [-0.39, 0.29) is 18.1 Å². The number of fused-ring (bicyclic) bond motifs is 1. The maximum Gasteiger partial charge on any atom is 0.275 e. The monoisotopic (exact) mass is 494 g/mol. The van der Waals surface area contributed by atoms with E-state index in [9.17, 15) is 9.59 Å². The molecular formula is C25H23ClN4O3S. The van der Waals surface area contributed by atoms with Crippen molar-refractivity contribution in [1.29, 1.82) is 0 Å². The van der Waals surface area contributed by atoms with E-state index in [4.69, 9.17) is 16.3 Å². The van der Waals surface area contributed by atoms with Gasteiger partial charge in [-0.05, 0) is 43.2 Å². The van der Waals surface area contributed by atoms with Gasteiger partial charge in [0.2, 0.25) is 4.96 Å². The number of amides is 1. The van der Waals surface area contributed by atoms with E-state index in [0.29, 0.717) is 38.6 Å².